The Balaban J connectivity index is 1.24. The number of aromatic nitrogens is 3. The molecule has 7 nitrogen and oxygen atoms in total. The van der Waals surface area contributed by atoms with Gasteiger partial charge in [0, 0.05) is 70.5 Å². The van der Waals surface area contributed by atoms with Gasteiger partial charge in [0.15, 0.2) is 10.9 Å². The summed E-state index contributed by atoms with van der Waals surface area (Å²) >= 11 is 1.59. The van der Waals surface area contributed by atoms with Gasteiger partial charge in [0.05, 0.1) is 5.75 Å². The number of piperidine rings is 1. The van der Waals surface area contributed by atoms with Crippen LogP contribution in [-0.2, 0) is 19.2 Å². The second-order valence-corrected chi connectivity index (χ2v) is 8.88. The maximum atomic E-state index is 12.9. The molecule has 0 saturated carbocycles. The molecule has 0 unspecified atom stereocenters. The van der Waals surface area contributed by atoms with E-state index in [9.17, 15) is 4.79 Å². The molecule has 4 rings (SSSR count). The summed E-state index contributed by atoms with van der Waals surface area (Å²) in [5, 5.41) is 0.927. The second-order valence-electron chi connectivity index (χ2n) is 7.94. The van der Waals surface area contributed by atoms with Crippen LogP contribution >= 0.6 is 11.8 Å². The third-order valence-electron chi connectivity index (χ3n) is 5.83. The molecular weight excluding hydrogens is 410 g/mol. The largest absolute Gasteiger partial charge is 0.455 e. The zero-order chi connectivity index (χ0) is 21.6. The van der Waals surface area contributed by atoms with E-state index in [1.807, 2.05) is 54.2 Å². The highest BCUT2D eigenvalue weighted by molar-refractivity contribution is 7.98. The van der Waals surface area contributed by atoms with Crippen molar-refractivity contribution in [1.29, 1.82) is 0 Å². The molecule has 1 fully saturated rings. The molecule has 1 saturated heterocycles. The van der Waals surface area contributed by atoms with Gasteiger partial charge in [-0.1, -0.05) is 17.8 Å². The molecule has 3 aromatic heterocycles. The number of carbonyl (C=O) groups is 1. The summed E-state index contributed by atoms with van der Waals surface area (Å²) in [6.07, 6.45) is 8.46. The predicted molar refractivity (Wildman–Crippen MR) is 121 cm³/mol. The molecule has 0 N–H and O–H groups in total. The molecule has 4 heterocycles. The van der Waals surface area contributed by atoms with Crippen molar-refractivity contribution in [3.8, 4) is 0 Å². The molecule has 3 aromatic rings. The van der Waals surface area contributed by atoms with Crippen molar-refractivity contribution >= 4 is 17.7 Å². The van der Waals surface area contributed by atoms with Crippen molar-refractivity contribution in [3.05, 3.63) is 66.1 Å². The van der Waals surface area contributed by atoms with Gasteiger partial charge in [-0.2, -0.15) is 0 Å². The number of likely N-dealkylation sites (tertiary alicyclic amines) is 1. The van der Waals surface area contributed by atoms with Crippen LogP contribution in [0.25, 0.3) is 0 Å². The van der Waals surface area contributed by atoms with Crippen LogP contribution in [0, 0.1) is 0 Å². The molecule has 0 radical (unpaired) electrons. The van der Waals surface area contributed by atoms with Crippen molar-refractivity contribution in [2.45, 2.75) is 36.2 Å². The van der Waals surface area contributed by atoms with Crippen molar-refractivity contribution in [2.24, 2.45) is 7.05 Å². The quantitative estimate of drug-likeness (QED) is 0.501. The Morgan fingerprint density at radius 1 is 1.19 bits per heavy atom. The highest BCUT2D eigenvalue weighted by Gasteiger charge is 2.27. The molecule has 31 heavy (non-hydrogen) atoms. The molecule has 164 valence electrons. The Morgan fingerprint density at radius 2 is 2.03 bits per heavy atom. The first kappa shape index (κ1) is 21.6. The van der Waals surface area contributed by atoms with Crippen LogP contribution in [0.2, 0.25) is 0 Å². The zero-order valence-corrected chi connectivity index (χ0v) is 18.9. The van der Waals surface area contributed by atoms with E-state index in [1.165, 1.54) is 0 Å². The van der Waals surface area contributed by atoms with E-state index in [1.54, 1.807) is 24.0 Å². The molecule has 8 heteroatoms. The average molecular weight is 440 g/mol. The zero-order valence-electron chi connectivity index (χ0n) is 18.1. The lowest BCUT2D eigenvalue weighted by molar-refractivity contribution is 0.0611. The van der Waals surface area contributed by atoms with Gasteiger partial charge in [-0.05, 0) is 37.1 Å². The number of furan rings is 1. The Morgan fingerprint density at radius 3 is 2.74 bits per heavy atom. The fourth-order valence-electron chi connectivity index (χ4n) is 3.89. The topological polar surface area (TPSA) is 67.4 Å². The molecule has 1 aliphatic rings. The van der Waals surface area contributed by atoms with Gasteiger partial charge in [0.25, 0.3) is 5.91 Å². The molecular formula is C23H29N5O2S. The Hall–Kier alpha value is -2.58. The SMILES string of the molecule is CN(C(=O)c1ccc(CSc2nccn2C)o1)C1CCN(CCc2ccccn2)CC1. The summed E-state index contributed by atoms with van der Waals surface area (Å²) in [6.45, 7) is 3.01. The Bertz CT molecular complexity index is 979. The smallest absolute Gasteiger partial charge is 0.289 e. The van der Waals surface area contributed by atoms with Crippen molar-refractivity contribution in [3.63, 3.8) is 0 Å². The lowest BCUT2D eigenvalue weighted by Crippen LogP contribution is -2.46. The molecule has 0 spiro atoms. The molecule has 1 amide bonds. The first-order chi connectivity index (χ1) is 15.1. The third kappa shape index (κ3) is 5.57. The molecule has 1 aliphatic heterocycles. The number of hydrogen-bond acceptors (Lipinski definition) is 6. The van der Waals surface area contributed by atoms with Crippen LogP contribution in [0.15, 0.2) is 58.5 Å². The van der Waals surface area contributed by atoms with Crippen molar-refractivity contribution in [2.75, 3.05) is 26.7 Å². The van der Waals surface area contributed by atoms with Gasteiger partial charge in [-0.15, -0.1) is 0 Å². The number of pyridine rings is 1. The van der Waals surface area contributed by atoms with E-state index in [2.05, 4.69) is 20.9 Å². The fourth-order valence-corrected chi connectivity index (χ4v) is 4.71. The van der Waals surface area contributed by atoms with E-state index < -0.39 is 0 Å². The predicted octanol–water partition coefficient (Wildman–Crippen LogP) is 3.48. The number of hydrogen-bond donors (Lipinski definition) is 0. The van der Waals surface area contributed by atoms with Crippen LogP contribution in [-0.4, -0.2) is 63.0 Å². The van der Waals surface area contributed by atoms with E-state index in [0.717, 1.165) is 55.5 Å². The van der Waals surface area contributed by atoms with Gasteiger partial charge in [0.1, 0.15) is 5.76 Å². The average Bonchev–Trinajstić information content (AvgIpc) is 3.45. The Kier molecular flexibility index (Phi) is 7.09. The number of imidazole rings is 1. The second kappa shape index (κ2) is 10.2. The number of carbonyl (C=O) groups excluding carboxylic acids is 1. The molecule has 0 atom stereocenters. The number of nitrogens with zero attached hydrogens (tertiary/aromatic N) is 5. The van der Waals surface area contributed by atoms with Crippen molar-refractivity contribution < 1.29 is 9.21 Å². The highest BCUT2D eigenvalue weighted by atomic mass is 32.2. The number of aryl methyl sites for hydroxylation is 1. The van der Waals surface area contributed by atoms with E-state index in [0.29, 0.717) is 11.5 Å². The van der Waals surface area contributed by atoms with Gasteiger partial charge < -0.3 is 18.8 Å². The summed E-state index contributed by atoms with van der Waals surface area (Å²) in [7, 11) is 3.85. The number of amides is 1. The van der Waals surface area contributed by atoms with E-state index in [-0.39, 0.29) is 11.9 Å². The first-order valence-electron chi connectivity index (χ1n) is 10.7. The van der Waals surface area contributed by atoms with Crippen LogP contribution in [0.1, 0.15) is 34.9 Å². The van der Waals surface area contributed by atoms with Crippen LogP contribution in [0.3, 0.4) is 0 Å². The van der Waals surface area contributed by atoms with Gasteiger partial charge >= 0.3 is 0 Å². The summed E-state index contributed by atoms with van der Waals surface area (Å²) in [6, 6.07) is 9.97. The third-order valence-corrected chi connectivity index (χ3v) is 6.91. The van der Waals surface area contributed by atoms with Gasteiger partial charge in [-0.3, -0.25) is 9.78 Å². The van der Waals surface area contributed by atoms with Crippen molar-refractivity contribution in [1.82, 2.24) is 24.3 Å². The minimum Gasteiger partial charge on any atom is -0.455 e. The highest BCUT2D eigenvalue weighted by Crippen LogP contribution is 2.23. The lowest BCUT2D eigenvalue weighted by Gasteiger charge is -2.36. The maximum Gasteiger partial charge on any atom is 0.289 e. The number of rotatable bonds is 8. The van der Waals surface area contributed by atoms with Crippen LogP contribution in [0.4, 0.5) is 0 Å². The normalized spacial score (nSPS) is 15.3. The summed E-state index contributed by atoms with van der Waals surface area (Å²) in [5.74, 6) is 1.81. The summed E-state index contributed by atoms with van der Waals surface area (Å²) in [4.78, 5) is 25.9. The van der Waals surface area contributed by atoms with Crippen LogP contribution < -0.4 is 0 Å². The lowest BCUT2D eigenvalue weighted by atomic mass is 10.0. The monoisotopic (exact) mass is 439 g/mol. The van der Waals surface area contributed by atoms with E-state index >= 15 is 0 Å². The summed E-state index contributed by atoms with van der Waals surface area (Å²) < 4.78 is 7.81. The standard InChI is InChI=1S/C23H29N5O2S/c1-26-16-12-25-23(26)31-17-20-6-7-21(30-20)22(29)27(2)19-9-14-28(15-10-19)13-8-18-5-3-4-11-24-18/h3-7,11-12,16,19H,8-10,13-15,17H2,1-2H3. The van der Waals surface area contributed by atoms with Crippen LogP contribution in [0.5, 0.6) is 0 Å². The number of thioether (sulfide) groups is 1. The molecule has 0 bridgehead atoms. The Labute approximate surface area is 187 Å². The molecule has 0 aromatic carbocycles. The maximum absolute atomic E-state index is 12.9. The minimum absolute atomic E-state index is 0.0415. The summed E-state index contributed by atoms with van der Waals surface area (Å²) in [5.41, 5.74) is 1.13. The molecule has 0 aliphatic carbocycles. The first-order valence-corrected chi connectivity index (χ1v) is 11.7. The van der Waals surface area contributed by atoms with Gasteiger partial charge in [-0.25, -0.2) is 4.98 Å². The fraction of sp³-hybridized carbons (Fsp3) is 0.435. The van der Waals surface area contributed by atoms with E-state index in [4.69, 9.17) is 4.42 Å². The van der Waals surface area contributed by atoms with Gasteiger partial charge in [0.2, 0.25) is 0 Å². The minimum atomic E-state index is -0.0415.